The van der Waals surface area contributed by atoms with Gasteiger partial charge in [-0.15, -0.1) is 10.2 Å². The number of rotatable bonds is 5. The number of amides is 1. The van der Waals surface area contributed by atoms with Crippen LogP contribution in [0.1, 0.15) is 25.2 Å². The molecule has 0 aliphatic carbocycles. The molecule has 0 aliphatic rings. The van der Waals surface area contributed by atoms with Crippen LogP contribution in [0.3, 0.4) is 0 Å². The van der Waals surface area contributed by atoms with Gasteiger partial charge in [0.25, 0.3) is 0 Å². The molecule has 1 aromatic heterocycles. The summed E-state index contributed by atoms with van der Waals surface area (Å²) in [5.74, 6) is -0.0197. The van der Waals surface area contributed by atoms with Crippen molar-refractivity contribution in [2.45, 2.75) is 20.8 Å². The van der Waals surface area contributed by atoms with Gasteiger partial charge in [-0.05, 0) is 29.8 Å². The largest absolute Gasteiger partial charge is 0.359 e. The monoisotopic (exact) mass is 311 g/mol. The summed E-state index contributed by atoms with van der Waals surface area (Å²) in [5.41, 5.74) is 2.55. The maximum absolute atomic E-state index is 11.9. The van der Waals surface area contributed by atoms with Crippen molar-refractivity contribution < 1.29 is 4.79 Å². The molecule has 0 radical (unpaired) electrons. The van der Waals surface area contributed by atoms with Crippen molar-refractivity contribution in [3.05, 3.63) is 35.8 Å². The molecule has 0 fully saturated rings. The first kappa shape index (κ1) is 16.2. The van der Waals surface area contributed by atoms with Gasteiger partial charge in [0.15, 0.2) is 0 Å². The van der Waals surface area contributed by atoms with E-state index < -0.39 is 0 Å². The van der Waals surface area contributed by atoms with E-state index in [0.29, 0.717) is 11.4 Å². The SMILES string of the molecule is Cc1ccc(NC(=O)C(C)C)c(NC=C(C#N)c2nn[nH]n2)c1. The molecule has 8 heteroatoms. The Morgan fingerprint density at radius 3 is 2.78 bits per heavy atom. The fourth-order valence-corrected chi connectivity index (χ4v) is 1.74. The average molecular weight is 311 g/mol. The molecule has 1 aromatic carbocycles. The van der Waals surface area contributed by atoms with Crippen LogP contribution in [0, 0.1) is 24.2 Å². The minimum atomic E-state index is -0.131. The molecule has 1 heterocycles. The highest BCUT2D eigenvalue weighted by Gasteiger charge is 2.11. The Hall–Kier alpha value is -3.21. The first-order chi connectivity index (χ1) is 11.0. The molecule has 0 spiro atoms. The molecule has 0 aliphatic heterocycles. The number of benzene rings is 1. The number of nitrogens with one attached hydrogen (secondary N) is 3. The second kappa shape index (κ2) is 7.17. The molecule has 0 atom stereocenters. The molecular weight excluding hydrogens is 294 g/mol. The molecule has 1 amide bonds. The molecule has 8 nitrogen and oxygen atoms in total. The van der Waals surface area contributed by atoms with Gasteiger partial charge in [0.2, 0.25) is 11.7 Å². The number of hydrogen-bond acceptors (Lipinski definition) is 6. The Morgan fingerprint density at radius 1 is 1.39 bits per heavy atom. The molecule has 0 saturated heterocycles. The lowest BCUT2D eigenvalue weighted by Gasteiger charge is -2.13. The highest BCUT2D eigenvalue weighted by Crippen LogP contribution is 2.24. The molecular formula is C15H17N7O. The third kappa shape index (κ3) is 4.14. The van der Waals surface area contributed by atoms with Crippen LogP contribution in [0.5, 0.6) is 0 Å². The van der Waals surface area contributed by atoms with Gasteiger partial charge in [0, 0.05) is 12.1 Å². The smallest absolute Gasteiger partial charge is 0.226 e. The average Bonchev–Trinajstić information content (AvgIpc) is 3.04. The van der Waals surface area contributed by atoms with Crippen LogP contribution in [0.2, 0.25) is 0 Å². The molecule has 0 saturated carbocycles. The number of tetrazole rings is 1. The zero-order valence-corrected chi connectivity index (χ0v) is 13.1. The Kier molecular flexibility index (Phi) is 5.04. The predicted molar refractivity (Wildman–Crippen MR) is 86.0 cm³/mol. The lowest BCUT2D eigenvalue weighted by Crippen LogP contribution is -2.18. The molecule has 0 unspecified atom stereocenters. The van der Waals surface area contributed by atoms with Crippen molar-refractivity contribution in [2.24, 2.45) is 5.92 Å². The van der Waals surface area contributed by atoms with Gasteiger partial charge >= 0.3 is 0 Å². The van der Waals surface area contributed by atoms with Gasteiger partial charge in [-0.1, -0.05) is 19.9 Å². The first-order valence-electron chi connectivity index (χ1n) is 7.03. The van der Waals surface area contributed by atoms with Crippen LogP contribution in [0.4, 0.5) is 11.4 Å². The molecule has 2 aromatic rings. The molecule has 3 N–H and O–H groups in total. The van der Waals surface area contributed by atoms with Gasteiger partial charge in [0.05, 0.1) is 11.4 Å². The number of nitrogens with zero attached hydrogens (tertiary/aromatic N) is 4. The van der Waals surface area contributed by atoms with Gasteiger partial charge in [-0.3, -0.25) is 4.79 Å². The van der Waals surface area contributed by atoms with Crippen LogP contribution in [0.15, 0.2) is 24.4 Å². The summed E-state index contributed by atoms with van der Waals surface area (Å²) in [6, 6.07) is 7.58. The van der Waals surface area contributed by atoms with Crippen molar-refractivity contribution in [3.8, 4) is 6.07 Å². The van der Waals surface area contributed by atoms with E-state index >= 15 is 0 Å². The normalized spacial score (nSPS) is 11.2. The lowest BCUT2D eigenvalue weighted by atomic mass is 10.1. The summed E-state index contributed by atoms with van der Waals surface area (Å²) in [5, 5.41) is 28.3. The second-order valence-electron chi connectivity index (χ2n) is 5.24. The number of anilines is 2. The van der Waals surface area contributed by atoms with Crippen LogP contribution >= 0.6 is 0 Å². The van der Waals surface area contributed by atoms with Crippen molar-refractivity contribution >= 4 is 22.9 Å². The van der Waals surface area contributed by atoms with E-state index in [9.17, 15) is 4.79 Å². The highest BCUT2D eigenvalue weighted by atomic mass is 16.1. The fraction of sp³-hybridized carbons (Fsp3) is 0.267. The topological polar surface area (TPSA) is 119 Å². The number of carbonyl (C=O) groups is 1. The minimum Gasteiger partial charge on any atom is -0.359 e. The molecule has 118 valence electrons. The molecule has 23 heavy (non-hydrogen) atoms. The maximum atomic E-state index is 11.9. The summed E-state index contributed by atoms with van der Waals surface area (Å²) < 4.78 is 0. The Morgan fingerprint density at radius 2 is 2.17 bits per heavy atom. The quantitative estimate of drug-likeness (QED) is 0.727. The number of nitriles is 1. The standard InChI is InChI=1S/C15H17N7O/c1-9(2)15(23)18-12-5-4-10(3)6-13(12)17-8-11(7-16)14-19-21-22-20-14/h4-6,8-9,17H,1-3H3,(H,18,23)(H,19,20,21,22). The first-order valence-corrected chi connectivity index (χ1v) is 7.03. The van der Waals surface area contributed by atoms with E-state index in [0.717, 1.165) is 5.56 Å². The summed E-state index contributed by atoms with van der Waals surface area (Å²) in [6.45, 7) is 5.58. The number of hydrogen-bond donors (Lipinski definition) is 3. The van der Waals surface area contributed by atoms with Gasteiger partial charge in [-0.2, -0.15) is 10.5 Å². The number of allylic oxidation sites excluding steroid dienone is 1. The number of carbonyl (C=O) groups excluding carboxylic acids is 1. The second-order valence-corrected chi connectivity index (χ2v) is 5.24. The molecule has 0 bridgehead atoms. The summed E-state index contributed by atoms with van der Waals surface area (Å²) in [4.78, 5) is 11.9. The van der Waals surface area contributed by atoms with E-state index in [2.05, 4.69) is 31.3 Å². The third-order valence-electron chi connectivity index (χ3n) is 3.04. The maximum Gasteiger partial charge on any atom is 0.226 e. The van der Waals surface area contributed by atoms with Crippen molar-refractivity contribution in [2.75, 3.05) is 10.6 Å². The van der Waals surface area contributed by atoms with Gasteiger partial charge in [-0.25, -0.2) is 0 Å². The van der Waals surface area contributed by atoms with E-state index in [1.807, 2.05) is 45.0 Å². The van der Waals surface area contributed by atoms with Crippen LogP contribution in [-0.2, 0) is 4.79 Å². The van der Waals surface area contributed by atoms with Crippen molar-refractivity contribution in [1.29, 1.82) is 5.26 Å². The van der Waals surface area contributed by atoms with Gasteiger partial charge in [0.1, 0.15) is 11.6 Å². The van der Waals surface area contributed by atoms with Crippen LogP contribution in [-0.4, -0.2) is 26.5 Å². The number of aryl methyl sites for hydroxylation is 1. The summed E-state index contributed by atoms with van der Waals surface area (Å²) >= 11 is 0. The number of H-pyrrole nitrogens is 1. The molecule has 2 rings (SSSR count). The third-order valence-corrected chi connectivity index (χ3v) is 3.04. The van der Waals surface area contributed by atoms with Crippen molar-refractivity contribution in [3.63, 3.8) is 0 Å². The van der Waals surface area contributed by atoms with E-state index in [4.69, 9.17) is 5.26 Å². The minimum absolute atomic E-state index is 0.0837. The zero-order valence-electron chi connectivity index (χ0n) is 13.1. The number of aromatic amines is 1. The summed E-state index contributed by atoms with van der Waals surface area (Å²) in [7, 11) is 0. The van der Waals surface area contributed by atoms with Crippen LogP contribution in [0.25, 0.3) is 5.57 Å². The predicted octanol–water partition coefficient (Wildman–Crippen LogP) is 2.08. The van der Waals surface area contributed by atoms with E-state index in [-0.39, 0.29) is 23.2 Å². The Bertz CT molecular complexity index is 757. The van der Waals surface area contributed by atoms with Gasteiger partial charge < -0.3 is 10.6 Å². The fourth-order valence-electron chi connectivity index (χ4n) is 1.74. The van der Waals surface area contributed by atoms with Crippen LogP contribution < -0.4 is 10.6 Å². The Labute approximate surface area is 133 Å². The Balaban J connectivity index is 2.26. The lowest BCUT2D eigenvalue weighted by molar-refractivity contribution is -0.118. The zero-order chi connectivity index (χ0) is 16.8. The highest BCUT2D eigenvalue weighted by molar-refractivity contribution is 5.95. The summed E-state index contributed by atoms with van der Waals surface area (Å²) in [6.07, 6.45) is 1.48. The van der Waals surface area contributed by atoms with E-state index in [1.165, 1.54) is 6.20 Å². The van der Waals surface area contributed by atoms with E-state index in [1.54, 1.807) is 0 Å². The van der Waals surface area contributed by atoms with Crippen molar-refractivity contribution in [1.82, 2.24) is 20.6 Å². The number of aromatic nitrogens is 4.